The minimum absolute atomic E-state index is 0.262. The average Bonchev–Trinajstić information content (AvgIpc) is 2.63. The quantitative estimate of drug-likeness (QED) is 0.737. The Balaban J connectivity index is 2.21. The third kappa shape index (κ3) is 5.27. The molecule has 0 radical (unpaired) electrons. The third-order valence-corrected chi connectivity index (χ3v) is 3.41. The van der Waals surface area contributed by atoms with E-state index in [2.05, 4.69) is 28.4 Å². The molecule has 1 aromatic heterocycles. The Morgan fingerprint density at radius 2 is 2.20 bits per heavy atom. The molecule has 1 unspecified atom stereocenters. The molecule has 0 bridgehead atoms. The number of thiophene rings is 1. The van der Waals surface area contributed by atoms with Gasteiger partial charge in [0.15, 0.2) is 0 Å². The van der Waals surface area contributed by atoms with E-state index in [4.69, 9.17) is 0 Å². The molecule has 0 spiro atoms. The van der Waals surface area contributed by atoms with Crippen molar-refractivity contribution < 1.29 is 8.42 Å². The van der Waals surface area contributed by atoms with E-state index in [9.17, 15) is 8.42 Å². The van der Waals surface area contributed by atoms with Gasteiger partial charge in [-0.05, 0) is 29.3 Å². The van der Waals surface area contributed by atoms with Crippen LogP contribution in [-0.2, 0) is 10.0 Å². The molecule has 2 N–H and O–H groups in total. The zero-order chi connectivity index (χ0) is 11.3. The maximum absolute atomic E-state index is 10.8. The molecule has 6 heteroatoms. The highest BCUT2D eigenvalue weighted by atomic mass is 32.2. The first-order chi connectivity index (χ1) is 6.99. The van der Waals surface area contributed by atoms with Gasteiger partial charge < -0.3 is 5.32 Å². The van der Waals surface area contributed by atoms with E-state index in [1.807, 2.05) is 5.38 Å². The Labute approximate surface area is 94.8 Å². The van der Waals surface area contributed by atoms with Gasteiger partial charge in [0.1, 0.15) is 0 Å². The molecule has 0 fully saturated rings. The van der Waals surface area contributed by atoms with E-state index < -0.39 is 10.0 Å². The van der Waals surface area contributed by atoms with E-state index in [0.29, 0.717) is 13.1 Å². The Kier molecular flexibility index (Phi) is 4.72. The summed E-state index contributed by atoms with van der Waals surface area (Å²) in [6.45, 7) is 3.11. The molecule has 4 nitrogen and oxygen atoms in total. The van der Waals surface area contributed by atoms with Gasteiger partial charge in [-0.3, -0.25) is 0 Å². The predicted octanol–water partition coefficient (Wildman–Crippen LogP) is 0.948. The van der Waals surface area contributed by atoms with Crippen LogP contribution in [0.3, 0.4) is 0 Å². The lowest BCUT2D eigenvalue weighted by molar-refractivity contribution is 0.557. The van der Waals surface area contributed by atoms with Gasteiger partial charge in [-0.2, -0.15) is 11.3 Å². The molecule has 1 heterocycles. The van der Waals surface area contributed by atoms with Crippen LogP contribution in [0.2, 0.25) is 0 Å². The standard InChI is InChI=1S/C9H16N2O2S2/c1-8(9-3-6-14-7-9)10-4-5-11-15(2,12)13/h3,6-8,10-11H,4-5H2,1-2H3. The molecule has 0 aliphatic heterocycles. The fourth-order valence-electron chi connectivity index (χ4n) is 1.16. The van der Waals surface area contributed by atoms with Crippen LogP contribution in [0.15, 0.2) is 16.8 Å². The molecule has 1 atom stereocenters. The summed E-state index contributed by atoms with van der Waals surface area (Å²) in [4.78, 5) is 0. The third-order valence-electron chi connectivity index (χ3n) is 1.98. The monoisotopic (exact) mass is 248 g/mol. The van der Waals surface area contributed by atoms with Crippen LogP contribution in [-0.4, -0.2) is 27.8 Å². The summed E-state index contributed by atoms with van der Waals surface area (Å²) in [7, 11) is -3.06. The topological polar surface area (TPSA) is 58.2 Å². The van der Waals surface area contributed by atoms with Crippen molar-refractivity contribution in [2.75, 3.05) is 19.3 Å². The fraction of sp³-hybridized carbons (Fsp3) is 0.556. The fourth-order valence-corrected chi connectivity index (χ4v) is 2.39. The Morgan fingerprint density at radius 3 is 2.73 bits per heavy atom. The zero-order valence-corrected chi connectivity index (χ0v) is 10.5. The van der Waals surface area contributed by atoms with Gasteiger partial charge in [-0.25, -0.2) is 13.1 Å². The molecular weight excluding hydrogens is 232 g/mol. The van der Waals surface area contributed by atoms with Gasteiger partial charge in [0.2, 0.25) is 10.0 Å². The highest BCUT2D eigenvalue weighted by molar-refractivity contribution is 7.88. The summed E-state index contributed by atoms with van der Waals surface area (Å²) >= 11 is 1.66. The van der Waals surface area contributed by atoms with Crippen molar-refractivity contribution in [2.24, 2.45) is 0 Å². The molecule has 0 aliphatic rings. The predicted molar refractivity (Wildman–Crippen MR) is 63.6 cm³/mol. The first-order valence-corrected chi connectivity index (χ1v) is 7.52. The second-order valence-corrected chi connectivity index (χ2v) is 6.01. The van der Waals surface area contributed by atoms with Crippen LogP contribution < -0.4 is 10.0 Å². The van der Waals surface area contributed by atoms with Crippen molar-refractivity contribution in [1.29, 1.82) is 0 Å². The van der Waals surface area contributed by atoms with Crippen molar-refractivity contribution in [2.45, 2.75) is 13.0 Å². The minimum Gasteiger partial charge on any atom is -0.309 e. The van der Waals surface area contributed by atoms with Gasteiger partial charge in [0.25, 0.3) is 0 Å². The van der Waals surface area contributed by atoms with Crippen LogP contribution in [0.4, 0.5) is 0 Å². The van der Waals surface area contributed by atoms with E-state index in [-0.39, 0.29) is 6.04 Å². The minimum atomic E-state index is -3.06. The van der Waals surface area contributed by atoms with Crippen LogP contribution in [0.5, 0.6) is 0 Å². The lowest BCUT2D eigenvalue weighted by atomic mass is 10.2. The molecule has 0 aliphatic carbocycles. The van der Waals surface area contributed by atoms with Crippen LogP contribution in [0, 0.1) is 0 Å². The van der Waals surface area contributed by atoms with Crippen LogP contribution >= 0.6 is 11.3 Å². The molecule has 15 heavy (non-hydrogen) atoms. The van der Waals surface area contributed by atoms with Gasteiger partial charge in [-0.15, -0.1) is 0 Å². The summed E-state index contributed by atoms with van der Waals surface area (Å²) in [5.74, 6) is 0. The molecule has 0 saturated heterocycles. The molecule has 0 saturated carbocycles. The van der Waals surface area contributed by atoms with Crippen LogP contribution in [0.1, 0.15) is 18.5 Å². The van der Waals surface area contributed by atoms with E-state index >= 15 is 0 Å². The Morgan fingerprint density at radius 1 is 1.47 bits per heavy atom. The molecule has 0 aromatic carbocycles. The lowest BCUT2D eigenvalue weighted by Gasteiger charge is -2.12. The number of hydrogen-bond acceptors (Lipinski definition) is 4. The van der Waals surface area contributed by atoms with Gasteiger partial charge in [-0.1, -0.05) is 0 Å². The summed E-state index contributed by atoms with van der Waals surface area (Å²) in [5.41, 5.74) is 1.24. The average molecular weight is 248 g/mol. The Bertz CT molecular complexity index is 373. The van der Waals surface area contributed by atoms with E-state index in [1.54, 1.807) is 11.3 Å². The number of rotatable bonds is 6. The highest BCUT2D eigenvalue weighted by Crippen LogP contribution is 2.14. The number of nitrogens with one attached hydrogen (secondary N) is 2. The smallest absolute Gasteiger partial charge is 0.208 e. The maximum atomic E-state index is 10.8. The molecule has 1 aromatic rings. The van der Waals surface area contributed by atoms with Crippen molar-refractivity contribution in [3.63, 3.8) is 0 Å². The number of hydrogen-bond donors (Lipinski definition) is 2. The molecule has 0 amide bonds. The summed E-state index contributed by atoms with van der Waals surface area (Å²) in [6, 6.07) is 2.32. The summed E-state index contributed by atoms with van der Waals surface area (Å²) in [5, 5.41) is 7.35. The van der Waals surface area contributed by atoms with Gasteiger partial charge >= 0.3 is 0 Å². The lowest BCUT2D eigenvalue weighted by Crippen LogP contribution is -2.32. The van der Waals surface area contributed by atoms with E-state index in [0.717, 1.165) is 6.26 Å². The zero-order valence-electron chi connectivity index (χ0n) is 8.86. The molecule has 1 rings (SSSR count). The molecular formula is C9H16N2O2S2. The van der Waals surface area contributed by atoms with Gasteiger partial charge in [0.05, 0.1) is 6.26 Å². The number of sulfonamides is 1. The van der Waals surface area contributed by atoms with E-state index in [1.165, 1.54) is 5.56 Å². The first kappa shape index (κ1) is 12.6. The van der Waals surface area contributed by atoms with Gasteiger partial charge in [0, 0.05) is 19.1 Å². The summed E-state index contributed by atoms with van der Waals surface area (Å²) in [6.07, 6.45) is 1.16. The largest absolute Gasteiger partial charge is 0.309 e. The first-order valence-electron chi connectivity index (χ1n) is 4.69. The normalized spacial score (nSPS) is 14.0. The second kappa shape index (κ2) is 5.60. The molecule has 86 valence electrons. The van der Waals surface area contributed by atoms with Crippen molar-refractivity contribution in [3.05, 3.63) is 22.4 Å². The van der Waals surface area contributed by atoms with Crippen molar-refractivity contribution in [3.8, 4) is 0 Å². The second-order valence-electron chi connectivity index (χ2n) is 3.40. The van der Waals surface area contributed by atoms with Crippen LogP contribution in [0.25, 0.3) is 0 Å². The Hall–Kier alpha value is -0.430. The van der Waals surface area contributed by atoms with Crippen molar-refractivity contribution in [1.82, 2.24) is 10.0 Å². The SMILES string of the molecule is CC(NCCNS(C)(=O)=O)c1ccsc1. The highest BCUT2D eigenvalue weighted by Gasteiger charge is 2.04. The summed E-state index contributed by atoms with van der Waals surface area (Å²) < 4.78 is 24.0. The maximum Gasteiger partial charge on any atom is 0.208 e. The van der Waals surface area contributed by atoms with Crippen molar-refractivity contribution >= 4 is 21.4 Å².